The lowest BCUT2D eigenvalue weighted by molar-refractivity contribution is 0.0726. The van der Waals surface area contributed by atoms with Gasteiger partial charge in [-0.3, -0.25) is 4.79 Å². The molecule has 4 rings (SSSR count). The molecule has 1 aliphatic rings. The molecule has 3 aromatic rings. The van der Waals surface area contributed by atoms with E-state index < -0.39 is 0 Å². The number of halogens is 1. The van der Waals surface area contributed by atoms with Crippen molar-refractivity contribution < 1.29 is 4.79 Å². The molecule has 0 spiro atoms. The molecule has 1 atom stereocenters. The van der Waals surface area contributed by atoms with Crippen molar-refractivity contribution >= 4 is 29.3 Å². The Morgan fingerprint density at radius 3 is 2.35 bits per heavy atom. The molecule has 0 radical (unpaired) electrons. The van der Waals surface area contributed by atoms with E-state index in [0.29, 0.717) is 35.6 Å². The quantitative estimate of drug-likeness (QED) is 0.465. The first-order valence-corrected chi connectivity index (χ1v) is 11.9. The van der Waals surface area contributed by atoms with Gasteiger partial charge in [0.05, 0.1) is 12.6 Å². The van der Waals surface area contributed by atoms with Gasteiger partial charge in [-0.25, -0.2) is 4.98 Å². The van der Waals surface area contributed by atoms with Crippen molar-refractivity contribution in [1.82, 2.24) is 19.8 Å². The number of hydrogen-bond acceptors (Lipinski definition) is 6. The molecule has 34 heavy (non-hydrogen) atoms. The third kappa shape index (κ3) is 5.32. The highest BCUT2D eigenvalue weighted by atomic mass is 35.5. The molecule has 0 fully saturated rings. The fourth-order valence-electron chi connectivity index (χ4n) is 3.99. The number of nitrogens with one attached hydrogen (secondary N) is 2. The van der Waals surface area contributed by atoms with E-state index in [1.807, 2.05) is 75.3 Å². The van der Waals surface area contributed by atoms with Crippen LogP contribution < -0.4 is 10.6 Å². The topological polar surface area (TPSA) is 73.4 Å². The molecule has 0 saturated heterocycles. The maximum Gasteiger partial charge on any atom is 0.273 e. The first-order valence-electron chi connectivity index (χ1n) is 11.5. The maximum atomic E-state index is 13.1. The maximum absolute atomic E-state index is 13.1. The molecule has 8 heteroatoms. The molecule has 7 nitrogen and oxygen atoms in total. The standard InChI is InChI=1S/C26H31ClN6O/c1-17(2)33-16-21-23(25(33)34)30-26(28-14-15-32(3)4)31-24(21)29-22(18-8-6-5-7-9-18)19-10-12-20(27)13-11-19/h5-13,17,22H,14-16H2,1-4H3,(H2,28,29,30,31). The summed E-state index contributed by atoms with van der Waals surface area (Å²) in [5.74, 6) is 1.05. The van der Waals surface area contributed by atoms with Crippen molar-refractivity contribution in [3.8, 4) is 0 Å². The zero-order valence-electron chi connectivity index (χ0n) is 20.0. The van der Waals surface area contributed by atoms with Gasteiger partial charge in [-0.05, 0) is 51.2 Å². The van der Waals surface area contributed by atoms with Gasteiger partial charge in [0, 0.05) is 29.7 Å². The zero-order chi connectivity index (χ0) is 24.2. The summed E-state index contributed by atoms with van der Waals surface area (Å²) in [6, 6.07) is 17.9. The van der Waals surface area contributed by atoms with Crippen molar-refractivity contribution in [3.63, 3.8) is 0 Å². The molecule has 1 aliphatic heterocycles. The highest BCUT2D eigenvalue weighted by Crippen LogP contribution is 2.34. The Bertz CT molecular complexity index is 1130. The molecule has 0 saturated carbocycles. The number of carbonyl (C=O) groups is 1. The van der Waals surface area contributed by atoms with Gasteiger partial charge in [-0.15, -0.1) is 0 Å². The van der Waals surface area contributed by atoms with Crippen LogP contribution in [0.4, 0.5) is 11.8 Å². The Hall–Kier alpha value is -3.16. The highest BCUT2D eigenvalue weighted by Gasteiger charge is 2.34. The minimum atomic E-state index is -0.171. The van der Waals surface area contributed by atoms with E-state index in [1.54, 1.807) is 0 Å². The second kappa shape index (κ2) is 10.4. The van der Waals surface area contributed by atoms with E-state index in [2.05, 4.69) is 32.7 Å². The SMILES string of the molecule is CC(C)N1Cc2c(NC(c3ccccc3)c3ccc(Cl)cc3)nc(NCCN(C)C)nc2C1=O. The predicted octanol–water partition coefficient (Wildman–Crippen LogP) is 4.67. The second-order valence-electron chi connectivity index (χ2n) is 9.02. The third-order valence-corrected chi connectivity index (χ3v) is 6.13. The first kappa shape index (κ1) is 24.0. The van der Waals surface area contributed by atoms with Crippen LogP contribution in [-0.4, -0.2) is 58.9 Å². The minimum Gasteiger partial charge on any atom is -0.359 e. The minimum absolute atomic E-state index is 0.0612. The van der Waals surface area contributed by atoms with Gasteiger partial charge < -0.3 is 20.4 Å². The van der Waals surface area contributed by atoms with Crippen LogP contribution in [0.25, 0.3) is 0 Å². The van der Waals surface area contributed by atoms with Crippen LogP contribution in [-0.2, 0) is 6.54 Å². The predicted molar refractivity (Wildman–Crippen MR) is 137 cm³/mol. The van der Waals surface area contributed by atoms with Crippen LogP contribution in [0.2, 0.25) is 5.02 Å². The normalized spacial score (nSPS) is 14.0. The number of benzene rings is 2. The average Bonchev–Trinajstić information content (AvgIpc) is 3.15. The van der Waals surface area contributed by atoms with Crippen LogP contribution in [0.5, 0.6) is 0 Å². The fraction of sp³-hybridized carbons (Fsp3) is 0.346. The summed E-state index contributed by atoms with van der Waals surface area (Å²) in [5.41, 5.74) is 3.42. The highest BCUT2D eigenvalue weighted by molar-refractivity contribution is 6.30. The van der Waals surface area contributed by atoms with Crippen molar-refractivity contribution in [2.75, 3.05) is 37.8 Å². The van der Waals surface area contributed by atoms with Crippen LogP contribution >= 0.6 is 11.6 Å². The van der Waals surface area contributed by atoms with Crippen LogP contribution in [0, 0.1) is 0 Å². The Morgan fingerprint density at radius 1 is 1.03 bits per heavy atom. The summed E-state index contributed by atoms with van der Waals surface area (Å²) in [5, 5.41) is 7.59. The van der Waals surface area contributed by atoms with Crippen LogP contribution in [0.15, 0.2) is 54.6 Å². The van der Waals surface area contributed by atoms with E-state index in [0.717, 1.165) is 23.2 Å². The summed E-state index contributed by atoms with van der Waals surface area (Å²) < 4.78 is 0. The molecular formula is C26H31ClN6O. The molecule has 1 unspecified atom stereocenters. The first-order chi connectivity index (χ1) is 16.3. The van der Waals surface area contributed by atoms with Crippen molar-refractivity contribution in [3.05, 3.63) is 82.0 Å². The van der Waals surface area contributed by atoms with Gasteiger partial charge in [0.1, 0.15) is 11.5 Å². The largest absolute Gasteiger partial charge is 0.359 e. The summed E-state index contributed by atoms with van der Waals surface area (Å²) in [7, 11) is 4.03. The van der Waals surface area contributed by atoms with E-state index in [1.165, 1.54) is 0 Å². The van der Waals surface area contributed by atoms with Gasteiger partial charge in [0.2, 0.25) is 5.95 Å². The number of rotatable bonds is 9. The van der Waals surface area contributed by atoms with E-state index in [4.69, 9.17) is 16.6 Å². The van der Waals surface area contributed by atoms with Crippen molar-refractivity contribution in [2.45, 2.75) is 32.5 Å². The van der Waals surface area contributed by atoms with Crippen LogP contribution in [0.3, 0.4) is 0 Å². The van der Waals surface area contributed by atoms with Gasteiger partial charge in [-0.2, -0.15) is 4.98 Å². The lowest BCUT2D eigenvalue weighted by atomic mass is 9.98. The molecule has 0 bridgehead atoms. The molecule has 0 aliphatic carbocycles. The average molecular weight is 479 g/mol. The van der Waals surface area contributed by atoms with Gasteiger partial charge in [0.25, 0.3) is 5.91 Å². The van der Waals surface area contributed by atoms with E-state index >= 15 is 0 Å². The number of amides is 1. The van der Waals surface area contributed by atoms with Gasteiger partial charge in [-0.1, -0.05) is 54.1 Å². The smallest absolute Gasteiger partial charge is 0.273 e. The summed E-state index contributed by atoms with van der Waals surface area (Å²) in [4.78, 5) is 26.5. The number of fused-ring (bicyclic) bond motifs is 1. The zero-order valence-corrected chi connectivity index (χ0v) is 20.8. The number of aromatic nitrogens is 2. The number of nitrogens with zero attached hydrogens (tertiary/aromatic N) is 4. The molecule has 2 N–H and O–H groups in total. The summed E-state index contributed by atoms with van der Waals surface area (Å²) in [6.07, 6.45) is 0. The Balaban J connectivity index is 1.75. The van der Waals surface area contributed by atoms with Crippen LogP contribution in [0.1, 0.15) is 47.1 Å². The molecule has 178 valence electrons. The molecule has 2 heterocycles. The van der Waals surface area contributed by atoms with Gasteiger partial charge in [0.15, 0.2) is 0 Å². The fourth-order valence-corrected chi connectivity index (χ4v) is 4.12. The Morgan fingerprint density at radius 2 is 1.71 bits per heavy atom. The molecule has 2 aromatic carbocycles. The van der Waals surface area contributed by atoms with Gasteiger partial charge >= 0.3 is 0 Å². The van der Waals surface area contributed by atoms with Crippen molar-refractivity contribution in [1.29, 1.82) is 0 Å². The van der Waals surface area contributed by atoms with Crippen molar-refractivity contribution in [2.24, 2.45) is 0 Å². The number of hydrogen-bond donors (Lipinski definition) is 2. The summed E-state index contributed by atoms with van der Waals surface area (Å²) in [6.45, 7) is 6.01. The Kier molecular flexibility index (Phi) is 7.34. The molecule has 1 aromatic heterocycles. The number of likely N-dealkylation sites (N-methyl/N-ethyl adjacent to an activating group) is 1. The van der Waals surface area contributed by atoms with E-state index in [9.17, 15) is 4.79 Å². The molecular weight excluding hydrogens is 448 g/mol. The Labute approximate surface area is 206 Å². The number of carbonyl (C=O) groups excluding carboxylic acids is 1. The van der Waals surface area contributed by atoms with E-state index in [-0.39, 0.29) is 18.0 Å². The molecule has 1 amide bonds. The second-order valence-corrected chi connectivity index (χ2v) is 9.46. The monoisotopic (exact) mass is 478 g/mol. The third-order valence-electron chi connectivity index (χ3n) is 5.88. The number of anilines is 2. The lowest BCUT2D eigenvalue weighted by Gasteiger charge is -2.23. The summed E-state index contributed by atoms with van der Waals surface area (Å²) >= 11 is 6.16. The lowest BCUT2D eigenvalue weighted by Crippen LogP contribution is -2.31.